The fourth-order valence-electron chi connectivity index (χ4n) is 1.87. The fourth-order valence-corrected chi connectivity index (χ4v) is 1.87. The van der Waals surface area contributed by atoms with Crippen LogP contribution in [0, 0.1) is 0 Å². The van der Waals surface area contributed by atoms with Crippen molar-refractivity contribution in [1.82, 2.24) is 0 Å². The summed E-state index contributed by atoms with van der Waals surface area (Å²) in [7, 11) is 0. The first-order chi connectivity index (χ1) is 8.13. The molecular formula is C15H20O2. The van der Waals surface area contributed by atoms with Crippen LogP contribution in [0.3, 0.4) is 0 Å². The van der Waals surface area contributed by atoms with Crippen LogP contribution in [0.5, 0.6) is 0 Å². The fraction of sp³-hybridized carbons (Fsp3) is 0.400. The van der Waals surface area contributed by atoms with E-state index in [0.717, 1.165) is 12.0 Å². The molecule has 0 amide bonds. The molecule has 0 fully saturated rings. The number of esters is 1. The van der Waals surface area contributed by atoms with Crippen molar-refractivity contribution in [3.05, 3.63) is 48.0 Å². The van der Waals surface area contributed by atoms with E-state index in [-0.39, 0.29) is 11.9 Å². The Balaban J connectivity index is 2.74. The quantitative estimate of drug-likeness (QED) is 0.552. The molecule has 1 aromatic rings. The summed E-state index contributed by atoms with van der Waals surface area (Å²) in [6, 6.07) is 10.1. The lowest BCUT2D eigenvalue weighted by Gasteiger charge is -2.16. The van der Waals surface area contributed by atoms with Gasteiger partial charge in [0.2, 0.25) is 0 Å². The van der Waals surface area contributed by atoms with E-state index < -0.39 is 0 Å². The SMILES string of the molecule is C=C(C)C[C@@H](CC(=O)OCC)c1ccccc1. The molecule has 2 heteroatoms. The Labute approximate surface area is 103 Å². The molecule has 1 aromatic carbocycles. The topological polar surface area (TPSA) is 26.3 Å². The summed E-state index contributed by atoms with van der Waals surface area (Å²) in [5.41, 5.74) is 2.26. The normalized spacial score (nSPS) is 11.9. The van der Waals surface area contributed by atoms with E-state index in [2.05, 4.69) is 6.58 Å². The molecule has 0 aromatic heterocycles. The van der Waals surface area contributed by atoms with Crippen LogP contribution in [-0.4, -0.2) is 12.6 Å². The molecule has 1 atom stereocenters. The van der Waals surface area contributed by atoms with Crippen LogP contribution in [0.2, 0.25) is 0 Å². The molecule has 17 heavy (non-hydrogen) atoms. The van der Waals surface area contributed by atoms with Crippen molar-refractivity contribution in [3.8, 4) is 0 Å². The molecule has 0 radical (unpaired) electrons. The van der Waals surface area contributed by atoms with Gasteiger partial charge in [0.05, 0.1) is 13.0 Å². The Morgan fingerprint density at radius 2 is 1.94 bits per heavy atom. The highest BCUT2D eigenvalue weighted by Crippen LogP contribution is 2.26. The van der Waals surface area contributed by atoms with Gasteiger partial charge in [0.1, 0.15) is 0 Å². The molecule has 1 rings (SSSR count). The first kappa shape index (κ1) is 13.5. The number of carbonyl (C=O) groups is 1. The lowest BCUT2D eigenvalue weighted by molar-refractivity contribution is -0.143. The number of carbonyl (C=O) groups excluding carboxylic acids is 1. The standard InChI is InChI=1S/C15H20O2/c1-4-17-15(16)11-14(10-12(2)3)13-8-6-5-7-9-13/h5-9,14H,2,4,10-11H2,1,3H3/t14-/m0/s1. The minimum Gasteiger partial charge on any atom is -0.466 e. The predicted octanol–water partition coefficient (Wildman–Crippen LogP) is 3.69. The zero-order valence-electron chi connectivity index (χ0n) is 10.6. The van der Waals surface area contributed by atoms with Gasteiger partial charge >= 0.3 is 5.97 Å². The third-order valence-electron chi connectivity index (χ3n) is 2.58. The van der Waals surface area contributed by atoms with Gasteiger partial charge in [-0.15, -0.1) is 6.58 Å². The molecule has 0 aliphatic carbocycles. The van der Waals surface area contributed by atoms with Crippen LogP contribution in [0.25, 0.3) is 0 Å². The summed E-state index contributed by atoms with van der Waals surface area (Å²) < 4.78 is 5.01. The maximum absolute atomic E-state index is 11.6. The number of allylic oxidation sites excluding steroid dienone is 1. The average molecular weight is 232 g/mol. The second-order valence-corrected chi connectivity index (χ2v) is 4.28. The van der Waals surface area contributed by atoms with Crippen LogP contribution in [-0.2, 0) is 9.53 Å². The Kier molecular flexibility index (Phi) is 5.47. The third kappa shape index (κ3) is 4.85. The lowest BCUT2D eigenvalue weighted by atomic mass is 9.90. The molecule has 0 saturated heterocycles. The monoisotopic (exact) mass is 232 g/mol. The van der Waals surface area contributed by atoms with Gasteiger partial charge in [-0.1, -0.05) is 35.9 Å². The van der Waals surface area contributed by atoms with Crippen LogP contribution in [0.4, 0.5) is 0 Å². The van der Waals surface area contributed by atoms with Gasteiger partial charge in [0.15, 0.2) is 0 Å². The van der Waals surface area contributed by atoms with Crippen LogP contribution in [0.1, 0.15) is 38.2 Å². The first-order valence-corrected chi connectivity index (χ1v) is 5.98. The van der Waals surface area contributed by atoms with E-state index >= 15 is 0 Å². The molecule has 2 nitrogen and oxygen atoms in total. The van der Waals surface area contributed by atoms with E-state index in [1.165, 1.54) is 5.56 Å². The van der Waals surface area contributed by atoms with Gasteiger partial charge in [-0.2, -0.15) is 0 Å². The maximum atomic E-state index is 11.6. The summed E-state index contributed by atoms with van der Waals surface area (Å²) in [5, 5.41) is 0. The van der Waals surface area contributed by atoms with E-state index in [1.54, 1.807) is 0 Å². The van der Waals surface area contributed by atoms with Crippen molar-refractivity contribution in [2.45, 2.75) is 32.6 Å². The Morgan fingerprint density at radius 1 is 1.29 bits per heavy atom. The highest BCUT2D eigenvalue weighted by atomic mass is 16.5. The number of hydrogen-bond donors (Lipinski definition) is 0. The van der Waals surface area contributed by atoms with Crippen molar-refractivity contribution in [2.24, 2.45) is 0 Å². The van der Waals surface area contributed by atoms with Gasteiger partial charge in [-0.3, -0.25) is 4.79 Å². The zero-order chi connectivity index (χ0) is 12.7. The molecule has 0 unspecified atom stereocenters. The summed E-state index contributed by atoms with van der Waals surface area (Å²) in [4.78, 5) is 11.6. The number of rotatable bonds is 6. The maximum Gasteiger partial charge on any atom is 0.306 e. The van der Waals surface area contributed by atoms with Gasteiger partial charge in [-0.25, -0.2) is 0 Å². The second-order valence-electron chi connectivity index (χ2n) is 4.28. The van der Waals surface area contributed by atoms with Crippen LogP contribution in [0.15, 0.2) is 42.5 Å². The van der Waals surface area contributed by atoms with Crippen molar-refractivity contribution < 1.29 is 9.53 Å². The summed E-state index contributed by atoms with van der Waals surface area (Å²) in [5.74, 6) is 0.0374. The van der Waals surface area contributed by atoms with E-state index in [0.29, 0.717) is 13.0 Å². The Hall–Kier alpha value is -1.57. The molecule has 92 valence electrons. The van der Waals surface area contributed by atoms with E-state index in [9.17, 15) is 4.79 Å². The minimum absolute atomic E-state index is 0.136. The Morgan fingerprint density at radius 3 is 2.47 bits per heavy atom. The third-order valence-corrected chi connectivity index (χ3v) is 2.58. The average Bonchev–Trinajstić information content (AvgIpc) is 2.29. The number of hydrogen-bond acceptors (Lipinski definition) is 2. The van der Waals surface area contributed by atoms with Crippen molar-refractivity contribution in [2.75, 3.05) is 6.61 Å². The highest BCUT2D eigenvalue weighted by Gasteiger charge is 2.16. The molecule has 0 spiro atoms. The van der Waals surface area contributed by atoms with Crippen molar-refractivity contribution >= 4 is 5.97 Å². The van der Waals surface area contributed by atoms with E-state index in [4.69, 9.17) is 4.74 Å². The summed E-state index contributed by atoms with van der Waals surface area (Å²) in [6.45, 7) is 8.17. The van der Waals surface area contributed by atoms with Gasteiger partial charge in [-0.05, 0) is 31.7 Å². The Bertz CT molecular complexity index is 368. The zero-order valence-corrected chi connectivity index (χ0v) is 10.6. The second kappa shape index (κ2) is 6.89. The smallest absolute Gasteiger partial charge is 0.306 e. The number of benzene rings is 1. The minimum atomic E-state index is -0.136. The molecule has 0 heterocycles. The van der Waals surface area contributed by atoms with Crippen molar-refractivity contribution in [1.29, 1.82) is 0 Å². The lowest BCUT2D eigenvalue weighted by Crippen LogP contribution is -2.10. The summed E-state index contributed by atoms with van der Waals surface area (Å²) >= 11 is 0. The highest BCUT2D eigenvalue weighted by molar-refractivity contribution is 5.70. The molecule has 0 aliphatic heterocycles. The summed E-state index contributed by atoms with van der Waals surface area (Å²) in [6.07, 6.45) is 1.24. The first-order valence-electron chi connectivity index (χ1n) is 5.98. The van der Waals surface area contributed by atoms with Crippen LogP contribution < -0.4 is 0 Å². The predicted molar refractivity (Wildman–Crippen MR) is 69.9 cm³/mol. The molecule has 0 saturated carbocycles. The number of ether oxygens (including phenoxy) is 1. The van der Waals surface area contributed by atoms with Crippen LogP contribution >= 0.6 is 0 Å². The van der Waals surface area contributed by atoms with Gasteiger partial charge in [0.25, 0.3) is 0 Å². The molecule has 0 bridgehead atoms. The molecule has 0 aliphatic rings. The largest absolute Gasteiger partial charge is 0.466 e. The molecule has 0 N–H and O–H groups in total. The van der Waals surface area contributed by atoms with Crippen molar-refractivity contribution in [3.63, 3.8) is 0 Å². The molecular weight excluding hydrogens is 212 g/mol. The van der Waals surface area contributed by atoms with Gasteiger partial charge in [0, 0.05) is 0 Å². The van der Waals surface area contributed by atoms with Gasteiger partial charge < -0.3 is 4.74 Å². The van der Waals surface area contributed by atoms with E-state index in [1.807, 2.05) is 44.2 Å².